The number of ether oxygens (including phenoxy) is 1. The van der Waals surface area contributed by atoms with Crippen LogP contribution < -0.4 is 10.3 Å². The molecule has 0 unspecified atom stereocenters. The van der Waals surface area contributed by atoms with Crippen molar-refractivity contribution in [1.82, 2.24) is 29.4 Å². The molecule has 0 fully saturated rings. The molecule has 0 bridgehead atoms. The maximum Gasteiger partial charge on any atom is 0.285 e. The first-order valence-corrected chi connectivity index (χ1v) is 7.35. The number of pyridine rings is 1. The summed E-state index contributed by atoms with van der Waals surface area (Å²) < 4.78 is 8.40. The zero-order chi connectivity index (χ0) is 16.8. The molecule has 4 rings (SSSR count). The molecule has 8 nitrogen and oxygen atoms in total. The van der Waals surface area contributed by atoms with Crippen LogP contribution >= 0.6 is 0 Å². The first-order valence-electron chi connectivity index (χ1n) is 7.35. The topological polar surface area (TPSA) is 87.2 Å². The lowest BCUT2D eigenvalue weighted by atomic mass is 10.2. The Kier molecular flexibility index (Phi) is 3.05. The van der Waals surface area contributed by atoms with Gasteiger partial charge in [-0.1, -0.05) is 6.07 Å². The van der Waals surface area contributed by atoms with Crippen LogP contribution in [0.15, 0.2) is 35.3 Å². The molecular formula is C16H14N6O2. The number of aryl methyl sites for hydroxylation is 2. The van der Waals surface area contributed by atoms with Crippen LogP contribution in [0.2, 0.25) is 0 Å². The van der Waals surface area contributed by atoms with E-state index in [4.69, 9.17) is 4.74 Å². The second-order valence-corrected chi connectivity index (χ2v) is 5.47. The quantitative estimate of drug-likeness (QED) is 0.555. The highest BCUT2D eigenvalue weighted by molar-refractivity contribution is 5.75. The Balaban J connectivity index is 2.05. The lowest BCUT2D eigenvalue weighted by Crippen LogP contribution is -2.20. The smallest absolute Gasteiger partial charge is 0.285 e. The summed E-state index contributed by atoms with van der Waals surface area (Å²) in [5.74, 6) is 1.54. The lowest BCUT2D eigenvalue weighted by Gasteiger charge is -2.12. The predicted molar refractivity (Wildman–Crippen MR) is 87.7 cm³/mol. The average Bonchev–Trinajstić information content (AvgIpc) is 2.96. The van der Waals surface area contributed by atoms with Gasteiger partial charge in [-0.25, -0.2) is 0 Å². The molecule has 0 saturated heterocycles. The molecule has 3 heterocycles. The third-order valence-electron chi connectivity index (χ3n) is 3.80. The fourth-order valence-corrected chi connectivity index (χ4v) is 2.68. The van der Waals surface area contributed by atoms with Gasteiger partial charge in [-0.2, -0.15) is 9.50 Å². The Morgan fingerprint density at radius 1 is 1.12 bits per heavy atom. The number of benzene rings is 1. The zero-order valence-electron chi connectivity index (χ0n) is 13.4. The van der Waals surface area contributed by atoms with Gasteiger partial charge in [-0.05, 0) is 37.6 Å². The number of rotatable bonds is 2. The van der Waals surface area contributed by atoms with E-state index in [1.807, 2.05) is 25.1 Å². The van der Waals surface area contributed by atoms with Crippen LogP contribution in [0.4, 0.5) is 0 Å². The molecule has 3 aromatic heterocycles. The molecule has 0 aliphatic heterocycles. The van der Waals surface area contributed by atoms with E-state index in [-0.39, 0.29) is 11.1 Å². The van der Waals surface area contributed by atoms with Crippen molar-refractivity contribution in [3.63, 3.8) is 0 Å². The van der Waals surface area contributed by atoms with Crippen LogP contribution in [0, 0.1) is 13.8 Å². The lowest BCUT2D eigenvalue weighted by molar-refractivity contribution is 0.412. The van der Waals surface area contributed by atoms with E-state index in [9.17, 15) is 4.79 Å². The van der Waals surface area contributed by atoms with Crippen molar-refractivity contribution in [2.45, 2.75) is 13.8 Å². The minimum atomic E-state index is -0.293. The van der Waals surface area contributed by atoms with Crippen LogP contribution in [-0.2, 0) is 0 Å². The Labute approximate surface area is 136 Å². The minimum Gasteiger partial charge on any atom is -0.495 e. The van der Waals surface area contributed by atoms with Gasteiger partial charge in [0.15, 0.2) is 5.52 Å². The van der Waals surface area contributed by atoms with E-state index >= 15 is 0 Å². The molecule has 0 atom stereocenters. The van der Waals surface area contributed by atoms with E-state index in [0.717, 1.165) is 5.56 Å². The van der Waals surface area contributed by atoms with Crippen molar-refractivity contribution in [3.8, 4) is 11.4 Å². The summed E-state index contributed by atoms with van der Waals surface area (Å²) >= 11 is 0. The molecule has 4 aromatic rings. The van der Waals surface area contributed by atoms with Gasteiger partial charge in [0.2, 0.25) is 0 Å². The highest BCUT2D eigenvalue weighted by Crippen LogP contribution is 2.23. The van der Waals surface area contributed by atoms with E-state index < -0.39 is 0 Å². The minimum absolute atomic E-state index is 0.221. The Hall–Kier alpha value is -3.29. The Morgan fingerprint density at radius 2 is 1.96 bits per heavy atom. The van der Waals surface area contributed by atoms with Crippen LogP contribution in [0.25, 0.3) is 22.5 Å². The third kappa shape index (κ3) is 2.03. The van der Waals surface area contributed by atoms with E-state index in [2.05, 4.69) is 20.3 Å². The second kappa shape index (κ2) is 5.12. The summed E-state index contributed by atoms with van der Waals surface area (Å²) in [6, 6.07) is 7.42. The van der Waals surface area contributed by atoms with Crippen LogP contribution in [0.5, 0.6) is 5.75 Å². The van der Waals surface area contributed by atoms with Crippen molar-refractivity contribution < 1.29 is 4.74 Å². The van der Waals surface area contributed by atoms with E-state index in [1.165, 1.54) is 9.08 Å². The second-order valence-electron chi connectivity index (χ2n) is 5.47. The number of fused-ring (bicyclic) bond motifs is 3. The molecule has 0 N–H and O–H groups in total. The van der Waals surface area contributed by atoms with Gasteiger partial charge in [-0.15, -0.1) is 15.3 Å². The molecule has 0 amide bonds. The largest absolute Gasteiger partial charge is 0.495 e. The SMILES string of the molecule is COc1ccc(C)cc1-n1ccc2c(nnc3nc(C)nn32)c1=O. The van der Waals surface area contributed by atoms with Crippen molar-refractivity contribution in [2.75, 3.05) is 7.11 Å². The summed E-state index contributed by atoms with van der Waals surface area (Å²) in [6.07, 6.45) is 1.68. The van der Waals surface area contributed by atoms with Gasteiger partial charge < -0.3 is 4.74 Å². The fraction of sp³-hybridized carbons (Fsp3) is 0.188. The third-order valence-corrected chi connectivity index (χ3v) is 3.80. The van der Waals surface area contributed by atoms with Gasteiger partial charge in [0.05, 0.1) is 12.8 Å². The monoisotopic (exact) mass is 322 g/mol. The summed E-state index contributed by atoms with van der Waals surface area (Å²) in [5.41, 5.74) is 2.16. The first kappa shape index (κ1) is 14.3. The van der Waals surface area contributed by atoms with Gasteiger partial charge in [0, 0.05) is 6.20 Å². The van der Waals surface area contributed by atoms with Crippen molar-refractivity contribution in [1.29, 1.82) is 0 Å². The van der Waals surface area contributed by atoms with Crippen LogP contribution in [0.3, 0.4) is 0 Å². The van der Waals surface area contributed by atoms with Crippen molar-refractivity contribution >= 4 is 16.8 Å². The number of hydrogen-bond donors (Lipinski definition) is 0. The standard InChI is InChI=1S/C16H14N6O2/c1-9-4-5-13(24-3)12(8-9)21-7-6-11-14(15(21)23)18-19-16-17-10(2)20-22(11)16/h4-8H,1-3H3. The molecule has 24 heavy (non-hydrogen) atoms. The molecule has 0 spiro atoms. The molecular weight excluding hydrogens is 308 g/mol. The van der Waals surface area contributed by atoms with Crippen LogP contribution in [0.1, 0.15) is 11.4 Å². The summed E-state index contributed by atoms with van der Waals surface area (Å²) in [6.45, 7) is 3.72. The molecule has 0 radical (unpaired) electrons. The summed E-state index contributed by atoms with van der Waals surface area (Å²) in [5, 5.41) is 12.3. The number of aromatic nitrogens is 6. The van der Waals surface area contributed by atoms with Gasteiger partial charge in [-0.3, -0.25) is 9.36 Å². The summed E-state index contributed by atoms with van der Waals surface area (Å²) in [4.78, 5) is 17.1. The summed E-state index contributed by atoms with van der Waals surface area (Å²) in [7, 11) is 1.57. The number of nitrogens with zero attached hydrogens (tertiary/aromatic N) is 6. The normalized spacial score (nSPS) is 11.3. The van der Waals surface area contributed by atoms with Gasteiger partial charge >= 0.3 is 0 Å². The van der Waals surface area contributed by atoms with Crippen molar-refractivity contribution in [3.05, 3.63) is 52.2 Å². The highest BCUT2D eigenvalue weighted by Gasteiger charge is 2.14. The van der Waals surface area contributed by atoms with Gasteiger partial charge in [0.1, 0.15) is 17.1 Å². The molecule has 8 heteroatoms. The molecule has 120 valence electrons. The average molecular weight is 322 g/mol. The molecule has 0 aliphatic carbocycles. The molecule has 0 saturated carbocycles. The maximum absolute atomic E-state index is 12.9. The van der Waals surface area contributed by atoms with E-state index in [0.29, 0.717) is 28.6 Å². The van der Waals surface area contributed by atoms with E-state index in [1.54, 1.807) is 26.3 Å². The highest BCUT2D eigenvalue weighted by atomic mass is 16.5. The number of methoxy groups -OCH3 is 1. The maximum atomic E-state index is 12.9. The van der Waals surface area contributed by atoms with Crippen molar-refractivity contribution in [2.24, 2.45) is 0 Å². The fourth-order valence-electron chi connectivity index (χ4n) is 2.68. The van der Waals surface area contributed by atoms with Crippen LogP contribution in [-0.4, -0.2) is 36.5 Å². The Bertz CT molecular complexity index is 1140. The Morgan fingerprint density at radius 3 is 2.75 bits per heavy atom. The first-order chi connectivity index (χ1) is 11.6. The van der Waals surface area contributed by atoms with Gasteiger partial charge in [0.25, 0.3) is 11.3 Å². The predicted octanol–water partition coefficient (Wildman–Crippen LogP) is 1.45. The molecule has 0 aliphatic rings. The zero-order valence-corrected chi connectivity index (χ0v) is 13.4. The molecule has 1 aromatic carbocycles. The number of hydrogen-bond acceptors (Lipinski definition) is 6.